The van der Waals surface area contributed by atoms with Crippen molar-refractivity contribution in [2.24, 2.45) is 0 Å². The fraction of sp³-hybridized carbons (Fsp3) is 0.833. The molecule has 0 spiro atoms. The van der Waals surface area contributed by atoms with Crippen LogP contribution in [0.2, 0.25) is 0 Å². The summed E-state index contributed by atoms with van der Waals surface area (Å²) in [7, 11) is -5.53. The van der Waals surface area contributed by atoms with Crippen LogP contribution in [0.15, 0.2) is 0 Å². The minimum atomic E-state index is -5.53. The van der Waals surface area contributed by atoms with Gasteiger partial charge in [-0.1, -0.05) is 0 Å². The zero-order chi connectivity index (χ0) is 14.0. The highest BCUT2D eigenvalue weighted by Crippen LogP contribution is 2.16. The summed E-state index contributed by atoms with van der Waals surface area (Å²) in [5.74, 6) is -4.04. The molecule has 0 rings (SSSR count). The molecular weight excluding hydrogens is 264 g/mol. The number of aliphatic hydroxyl groups excluding tert-OH is 4. The van der Waals surface area contributed by atoms with E-state index in [1.807, 2.05) is 0 Å². The van der Waals surface area contributed by atoms with E-state index in [0.717, 1.165) is 0 Å². The second-order valence-electron chi connectivity index (χ2n) is 3.17. The van der Waals surface area contributed by atoms with Crippen LogP contribution in [0.25, 0.3) is 0 Å². The fourth-order valence-corrected chi connectivity index (χ4v) is 1.37. The molecule has 0 aromatic rings. The maximum Gasteiger partial charge on any atom is 0.334 e. The summed E-state index contributed by atoms with van der Waals surface area (Å²) in [6.07, 6.45) is -7.35. The van der Waals surface area contributed by atoms with Gasteiger partial charge in [0.05, 0.1) is 6.61 Å². The Morgan fingerprint density at radius 1 is 1.18 bits per heavy atom. The number of hydrogen-bond acceptors (Lipinski definition) is 9. The lowest BCUT2D eigenvalue weighted by atomic mass is 10.0. The lowest BCUT2D eigenvalue weighted by Crippen LogP contribution is -2.59. The molecule has 0 saturated carbocycles. The third kappa shape index (κ3) is 3.65. The highest BCUT2D eigenvalue weighted by atomic mass is 32.2. The van der Waals surface area contributed by atoms with Gasteiger partial charge in [-0.05, 0) is 0 Å². The Hall–Kier alpha value is -0.660. The Bertz CT molecular complexity index is 372. The molecule has 0 heterocycles. The maximum absolute atomic E-state index is 10.8. The maximum atomic E-state index is 10.8. The van der Waals surface area contributed by atoms with Gasteiger partial charge in [-0.3, -0.25) is 9.35 Å². The summed E-state index contributed by atoms with van der Waals surface area (Å²) < 4.78 is 28.9. The summed E-state index contributed by atoms with van der Waals surface area (Å²) in [6, 6.07) is 0. The third-order valence-corrected chi connectivity index (χ3v) is 2.62. The zero-order valence-electron chi connectivity index (χ0n) is 8.20. The van der Waals surface area contributed by atoms with Crippen molar-refractivity contribution < 1.29 is 48.4 Å². The van der Waals surface area contributed by atoms with Gasteiger partial charge < -0.3 is 30.6 Å². The molecule has 0 bridgehead atoms. The highest BCUT2D eigenvalue weighted by molar-refractivity contribution is 8.01. The van der Waals surface area contributed by atoms with Gasteiger partial charge in [0.25, 0.3) is 5.79 Å². The molecule has 102 valence electrons. The molecule has 7 N–H and O–H groups in total. The molecule has 10 nitrogen and oxygen atoms in total. The van der Waals surface area contributed by atoms with Crippen molar-refractivity contribution in [3.63, 3.8) is 0 Å². The van der Waals surface area contributed by atoms with E-state index in [4.69, 9.17) is 35.2 Å². The van der Waals surface area contributed by atoms with Crippen molar-refractivity contribution in [3.05, 3.63) is 0 Å². The largest absolute Gasteiger partial charge is 0.394 e. The van der Waals surface area contributed by atoms with E-state index < -0.39 is 45.9 Å². The summed E-state index contributed by atoms with van der Waals surface area (Å²) in [4.78, 5) is 10.8. The summed E-state index contributed by atoms with van der Waals surface area (Å²) >= 11 is 0. The van der Waals surface area contributed by atoms with Gasteiger partial charge >= 0.3 is 15.2 Å². The molecule has 0 radical (unpaired) electrons. The Morgan fingerprint density at radius 2 is 1.59 bits per heavy atom. The smallest absolute Gasteiger partial charge is 0.334 e. The van der Waals surface area contributed by atoms with Gasteiger partial charge in [-0.2, -0.15) is 8.42 Å². The molecule has 3 atom stereocenters. The van der Waals surface area contributed by atoms with E-state index in [9.17, 15) is 13.2 Å². The van der Waals surface area contributed by atoms with Gasteiger partial charge in [-0.25, -0.2) is 0 Å². The zero-order valence-corrected chi connectivity index (χ0v) is 9.02. The minimum Gasteiger partial charge on any atom is -0.394 e. The van der Waals surface area contributed by atoms with E-state index in [2.05, 4.69) is 0 Å². The molecule has 0 saturated heterocycles. The van der Waals surface area contributed by atoms with Crippen LogP contribution >= 0.6 is 0 Å². The monoisotopic (exact) mass is 276 g/mol. The molecule has 17 heavy (non-hydrogen) atoms. The van der Waals surface area contributed by atoms with Gasteiger partial charge in [0, 0.05) is 0 Å². The van der Waals surface area contributed by atoms with Crippen LogP contribution in [-0.4, -0.2) is 79.4 Å². The average Bonchev–Trinajstić information content (AvgIpc) is 2.23. The van der Waals surface area contributed by atoms with E-state index in [-0.39, 0.29) is 0 Å². The SMILES string of the molecule is O=C(C(O)(O)[C@@H](O)[C@H](O)[C@H](O)CO)S(=O)(=O)O. The molecule has 0 unspecified atom stereocenters. The lowest BCUT2D eigenvalue weighted by Gasteiger charge is -2.29. The molecule has 0 aliphatic heterocycles. The van der Waals surface area contributed by atoms with E-state index in [1.54, 1.807) is 0 Å². The summed E-state index contributed by atoms with van der Waals surface area (Å²) in [5.41, 5.74) is 0. The predicted octanol–water partition coefficient (Wildman–Crippen LogP) is -4.84. The first-order chi connectivity index (χ1) is 7.46. The quantitative estimate of drug-likeness (QED) is 0.189. The highest BCUT2D eigenvalue weighted by Gasteiger charge is 2.51. The first-order valence-corrected chi connectivity index (χ1v) is 5.52. The Balaban J connectivity index is 5.13. The van der Waals surface area contributed by atoms with Gasteiger partial charge in [0.15, 0.2) is 0 Å². The number of carbonyl (C=O) groups excluding carboxylic acids is 1. The van der Waals surface area contributed by atoms with Crippen LogP contribution in [0.3, 0.4) is 0 Å². The molecule has 0 aromatic heterocycles. The van der Waals surface area contributed by atoms with Crippen LogP contribution < -0.4 is 0 Å². The van der Waals surface area contributed by atoms with Crippen LogP contribution in [0.4, 0.5) is 0 Å². The van der Waals surface area contributed by atoms with Crippen molar-refractivity contribution in [1.29, 1.82) is 0 Å². The predicted molar refractivity (Wildman–Crippen MR) is 48.8 cm³/mol. The number of aliphatic hydroxyl groups is 6. The third-order valence-electron chi connectivity index (χ3n) is 1.85. The van der Waals surface area contributed by atoms with Crippen LogP contribution in [-0.2, 0) is 14.9 Å². The number of carbonyl (C=O) groups is 1. The molecular formula is C6H12O10S. The van der Waals surface area contributed by atoms with Crippen molar-refractivity contribution in [2.45, 2.75) is 24.1 Å². The summed E-state index contributed by atoms with van der Waals surface area (Å²) in [6.45, 7) is -1.10. The normalized spacial score (nSPS) is 18.5. The second-order valence-corrected chi connectivity index (χ2v) is 4.49. The van der Waals surface area contributed by atoms with E-state index >= 15 is 0 Å². The Labute approximate surface area is 95.1 Å². The van der Waals surface area contributed by atoms with Gasteiger partial charge in [0.2, 0.25) is 0 Å². The molecule has 0 aromatic carbocycles. The molecule has 0 fully saturated rings. The molecule has 0 aliphatic rings. The topological polar surface area (TPSA) is 193 Å². The van der Waals surface area contributed by atoms with Gasteiger partial charge in [0.1, 0.15) is 18.3 Å². The lowest BCUT2D eigenvalue weighted by molar-refractivity contribution is -0.241. The number of rotatable bonds is 5. The first kappa shape index (κ1) is 16.3. The second kappa shape index (κ2) is 5.32. The van der Waals surface area contributed by atoms with Crippen LogP contribution in [0.1, 0.15) is 0 Å². The van der Waals surface area contributed by atoms with Crippen molar-refractivity contribution >= 4 is 15.2 Å². The number of hydrogen-bond donors (Lipinski definition) is 7. The van der Waals surface area contributed by atoms with Crippen molar-refractivity contribution in [2.75, 3.05) is 6.61 Å². The Kier molecular flexibility index (Phi) is 5.12. The average molecular weight is 276 g/mol. The summed E-state index contributed by atoms with van der Waals surface area (Å²) in [5, 5.41) is 50.7. The first-order valence-electron chi connectivity index (χ1n) is 4.08. The van der Waals surface area contributed by atoms with Crippen LogP contribution in [0, 0.1) is 0 Å². The van der Waals surface area contributed by atoms with E-state index in [1.165, 1.54) is 0 Å². The van der Waals surface area contributed by atoms with Crippen LogP contribution in [0.5, 0.6) is 0 Å². The molecule has 0 aliphatic carbocycles. The fourth-order valence-electron chi connectivity index (χ4n) is 0.867. The molecule has 0 amide bonds. The Morgan fingerprint density at radius 3 is 1.88 bits per heavy atom. The van der Waals surface area contributed by atoms with Gasteiger partial charge in [-0.15, -0.1) is 0 Å². The standard InChI is InChI=1S/C6H12O10S/c7-1-2(8)3(9)4(10)6(12,13)5(11)17(14,15)16/h2-4,7-10,12-13H,1H2,(H,14,15,16)/t2-,3-,4+/m1/s1. The van der Waals surface area contributed by atoms with Crippen molar-refractivity contribution in [3.8, 4) is 0 Å². The minimum absolute atomic E-state index is 1.10. The van der Waals surface area contributed by atoms with E-state index in [0.29, 0.717) is 0 Å². The van der Waals surface area contributed by atoms with Crippen molar-refractivity contribution in [1.82, 2.24) is 0 Å². The molecule has 11 heteroatoms.